The minimum absolute atomic E-state index is 1.13. The van der Waals surface area contributed by atoms with Crippen molar-refractivity contribution in [2.45, 2.75) is 0 Å². The van der Waals surface area contributed by atoms with Crippen LogP contribution in [-0.2, 0) is 0 Å². The van der Waals surface area contributed by atoms with Gasteiger partial charge in [-0.15, -0.1) is 11.3 Å². The molecular formula is C56H35N3S. The SMILES string of the molecule is c1ccc(N(c2ccccc2)c2ccc3cc4c(cc3c2)c2cc3sc5ccccc5c3c3c5cc6cc(N(c7ccccc7)c7ccccc7)ccc6cc5n4c23)cc1. The molecule has 0 fully saturated rings. The van der Waals surface area contributed by atoms with Crippen molar-refractivity contribution >= 4 is 125 Å². The van der Waals surface area contributed by atoms with Gasteiger partial charge in [-0.05, 0) is 131 Å². The molecule has 0 saturated carbocycles. The van der Waals surface area contributed by atoms with Gasteiger partial charge in [0.05, 0.1) is 16.6 Å². The summed E-state index contributed by atoms with van der Waals surface area (Å²) < 4.78 is 5.21. The van der Waals surface area contributed by atoms with E-state index in [-0.39, 0.29) is 0 Å². The summed E-state index contributed by atoms with van der Waals surface area (Å²) in [6.07, 6.45) is 0. The minimum atomic E-state index is 1.13. The van der Waals surface area contributed by atoms with Crippen molar-refractivity contribution in [3.8, 4) is 0 Å². The van der Waals surface area contributed by atoms with E-state index in [4.69, 9.17) is 0 Å². The van der Waals surface area contributed by atoms with Crippen LogP contribution in [0, 0.1) is 0 Å². The van der Waals surface area contributed by atoms with Gasteiger partial charge >= 0.3 is 0 Å². The molecule has 0 radical (unpaired) electrons. The van der Waals surface area contributed by atoms with E-state index < -0.39 is 0 Å². The average Bonchev–Trinajstić information content (AvgIpc) is 3.95. The second kappa shape index (κ2) is 12.9. The van der Waals surface area contributed by atoms with Crippen LogP contribution in [0.2, 0.25) is 0 Å². The number of hydrogen-bond acceptors (Lipinski definition) is 3. The monoisotopic (exact) mass is 781 g/mol. The van der Waals surface area contributed by atoms with Gasteiger partial charge in [-0.3, -0.25) is 0 Å². The summed E-state index contributed by atoms with van der Waals surface area (Å²) in [5.41, 5.74) is 10.6. The van der Waals surface area contributed by atoms with Crippen LogP contribution in [0.4, 0.5) is 34.1 Å². The zero-order chi connectivity index (χ0) is 39.3. The summed E-state index contributed by atoms with van der Waals surface area (Å²) in [6, 6.07) is 77.7. The maximum atomic E-state index is 2.56. The molecule has 0 N–H and O–H groups in total. The molecule has 13 aromatic rings. The van der Waals surface area contributed by atoms with Gasteiger partial charge in [0.25, 0.3) is 0 Å². The van der Waals surface area contributed by atoms with Crippen molar-refractivity contribution in [3.05, 3.63) is 212 Å². The zero-order valence-corrected chi connectivity index (χ0v) is 33.3. The molecule has 3 heterocycles. The van der Waals surface area contributed by atoms with E-state index in [9.17, 15) is 0 Å². The first-order valence-corrected chi connectivity index (χ1v) is 21.3. The first kappa shape index (κ1) is 33.3. The molecule has 13 rings (SSSR count). The van der Waals surface area contributed by atoms with Crippen molar-refractivity contribution in [3.63, 3.8) is 0 Å². The van der Waals surface area contributed by atoms with E-state index in [0.717, 1.165) is 34.1 Å². The summed E-state index contributed by atoms with van der Waals surface area (Å²) in [5, 5.41) is 12.8. The van der Waals surface area contributed by atoms with Crippen LogP contribution < -0.4 is 9.80 Å². The number of fused-ring (bicyclic) bond motifs is 12. The van der Waals surface area contributed by atoms with Gasteiger partial charge in [0.2, 0.25) is 0 Å². The smallest absolute Gasteiger partial charge is 0.0627 e. The maximum Gasteiger partial charge on any atom is 0.0627 e. The second-order valence-corrected chi connectivity index (χ2v) is 16.9. The lowest BCUT2D eigenvalue weighted by Gasteiger charge is -2.25. The molecule has 0 bridgehead atoms. The number of para-hydroxylation sites is 4. The number of rotatable bonds is 6. The molecule has 0 atom stereocenters. The summed E-state index contributed by atoms with van der Waals surface area (Å²) in [6.45, 7) is 0. The molecule has 0 aliphatic heterocycles. The number of thiophene rings is 1. The third-order valence-corrected chi connectivity index (χ3v) is 13.5. The van der Waals surface area contributed by atoms with Crippen molar-refractivity contribution in [2.75, 3.05) is 9.80 Å². The first-order valence-electron chi connectivity index (χ1n) is 20.5. The molecule has 3 aromatic heterocycles. The third kappa shape index (κ3) is 4.95. The molecule has 0 saturated heterocycles. The Kier molecular flexibility index (Phi) is 7.18. The second-order valence-electron chi connectivity index (χ2n) is 15.8. The molecule has 60 heavy (non-hydrogen) atoms. The fourth-order valence-electron chi connectivity index (χ4n) is 9.76. The third-order valence-electron chi connectivity index (χ3n) is 12.4. The minimum Gasteiger partial charge on any atom is -0.310 e. The Balaban J connectivity index is 1.08. The van der Waals surface area contributed by atoms with Crippen LogP contribution in [0.25, 0.3) is 79.8 Å². The Hall–Kier alpha value is -7.66. The molecule has 3 nitrogen and oxygen atoms in total. The Morgan fingerprint density at radius 2 is 0.767 bits per heavy atom. The van der Waals surface area contributed by atoms with Gasteiger partial charge in [0, 0.05) is 75.8 Å². The van der Waals surface area contributed by atoms with E-state index >= 15 is 0 Å². The Morgan fingerprint density at radius 3 is 1.30 bits per heavy atom. The van der Waals surface area contributed by atoms with Crippen LogP contribution in [0.5, 0.6) is 0 Å². The molecule has 10 aromatic carbocycles. The van der Waals surface area contributed by atoms with Crippen LogP contribution in [-0.4, -0.2) is 4.40 Å². The molecule has 4 heteroatoms. The van der Waals surface area contributed by atoms with E-state index in [0.29, 0.717) is 0 Å². The fraction of sp³-hybridized carbons (Fsp3) is 0. The van der Waals surface area contributed by atoms with Crippen molar-refractivity contribution in [1.82, 2.24) is 4.40 Å². The van der Waals surface area contributed by atoms with Gasteiger partial charge < -0.3 is 14.2 Å². The Labute approximate surface area is 350 Å². The summed E-state index contributed by atoms with van der Waals surface area (Å²) in [5.74, 6) is 0. The highest BCUT2D eigenvalue weighted by molar-refractivity contribution is 7.26. The van der Waals surface area contributed by atoms with E-state index in [1.807, 2.05) is 11.3 Å². The lowest BCUT2D eigenvalue weighted by molar-refractivity contribution is 1.29. The number of nitrogens with zero attached hydrogens (tertiary/aromatic N) is 3. The van der Waals surface area contributed by atoms with Gasteiger partial charge in [-0.25, -0.2) is 0 Å². The maximum absolute atomic E-state index is 2.56. The normalized spacial score (nSPS) is 12.0. The molecule has 0 amide bonds. The lowest BCUT2D eigenvalue weighted by Crippen LogP contribution is -2.09. The number of aromatic nitrogens is 1. The highest BCUT2D eigenvalue weighted by Crippen LogP contribution is 2.49. The molecular weight excluding hydrogens is 747 g/mol. The highest BCUT2D eigenvalue weighted by atomic mass is 32.1. The summed E-state index contributed by atoms with van der Waals surface area (Å²) >= 11 is 1.90. The Morgan fingerprint density at radius 1 is 0.300 bits per heavy atom. The standard InChI is InChI=1S/C56H35N3S/c1-5-15-40(16-6-1)57(41-17-7-2-8-18-41)44-27-25-36-33-50-47(31-38(36)29-44)48-35-53-54(46-23-13-14-24-52(46)60-53)55-49-32-39-30-45(28-26-37(39)34-51(49)59(50)56(48)55)58(42-19-9-3-10-20-42)43-21-11-4-12-22-43/h1-35H. The van der Waals surface area contributed by atoms with E-state index in [2.05, 4.69) is 227 Å². The van der Waals surface area contributed by atoms with Crippen LogP contribution in [0.1, 0.15) is 0 Å². The van der Waals surface area contributed by atoms with Crippen LogP contribution in [0.3, 0.4) is 0 Å². The number of benzene rings is 10. The first-order chi connectivity index (χ1) is 29.7. The van der Waals surface area contributed by atoms with Gasteiger partial charge in [-0.2, -0.15) is 0 Å². The fourth-order valence-corrected chi connectivity index (χ4v) is 10.9. The number of hydrogen-bond donors (Lipinski definition) is 0. The van der Waals surface area contributed by atoms with Gasteiger partial charge in [0.15, 0.2) is 0 Å². The average molecular weight is 782 g/mol. The van der Waals surface area contributed by atoms with Crippen LogP contribution in [0.15, 0.2) is 212 Å². The van der Waals surface area contributed by atoms with Gasteiger partial charge in [-0.1, -0.05) is 103 Å². The topological polar surface area (TPSA) is 10.9 Å². The summed E-state index contributed by atoms with van der Waals surface area (Å²) in [7, 11) is 0. The molecule has 0 aliphatic rings. The van der Waals surface area contributed by atoms with Crippen molar-refractivity contribution in [2.24, 2.45) is 0 Å². The largest absolute Gasteiger partial charge is 0.310 e. The van der Waals surface area contributed by atoms with E-state index in [1.165, 1.54) is 79.8 Å². The Bertz CT molecular complexity index is 3680. The van der Waals surface area contributed by atoms with Crippen molar-refractivity contribution in [1.29, 1.82) is 0 Å². The lowest BCUT2D eigenvalue weighted by atomic mass is 9.99. The van der Waals surface area contributed by atoms with Crippen LogP contribution >= 0.6 is 11.3 Å². The highest BCUT2D eigenvalue weighted by Gasteiger charge is 2.24. The predicted octanol–water partition coefficient (Wildman–Crippen LogP) is 16.5. The molecule has 0 spiro atoms. The van der Waals surface area contributed by atoms with Crippen molar-refractivity contribution < 1.29 is 0 Å². The number of anilines is 6. The van der Waals surface area contributed by atoms with E-state index in [1.54, 1.807) is 0 Å². The predicted molar refractivity (Wildman–Crippen MR) is 258 cm³/mol. The summed E-state index contributed by atoms with van der Waals surface area (Å²) in [4.78, 5) is 4.70. The molecule has 0 unspecified atom stereocenters. The molecule has 0 aliphatic carbocycles. The quantitative estimate of drug-likeness (QED) is 0.166. The van der Waals surface area contributed by atoms with Gasteiger partial charge in [0.1, 0.15) is 0 Å². The zero-order valence-electron chi connectivity index (χ0n) is 32.5. The molecule has 280 valence electrons.